The molecule has 72 valence electrons. The van der Waals surface area contributed by atoms with E-state index in [0.717, 1.165) is 6.04 Å². The second-order valence-electron chi connectivity index (χ2n) is 3.67. The zero-order valence-corrected chi connectivity index (χ0v) is 8.71. The summed E-state index contributed by atoms with van der Waals surface area (Å²) in [6, 6.07) is 0.727. The number of hydrogen-bond donors (Lipinski definition) is 0. The summed E-state index contributed by atoms with van der Waals surface area (Å²) in [5, 5.41) is 5.04. The van der Waals surface area contributed by atoms with Crippen LogP contribution in [-0.4, -0.2) is 35.7 Å². The van der Waals surface area contributed by atoms with Crippen molar-refractivity contribution in [2.24, 2.45) is 0 Å². The maximum Gasteiger partial charge on any atom is 0.0215 e. The molecule has 0 aliphatic carbocycles. The zero-order valence-electron chi connectivity index (χ0n) is 8.71. The van der Waals surface area contributed by atoms with Gasteiger partial charge in [0.05, 0.1) is 0 Å². The minimum absolute atomic E-state index is 0.727. The summed E-state index contributed by atoms with van der Waals surface area (Å²) in [6.07, 6.45) is 4.01. The average Bonchev–Trinajstić information content (AvgIpc) is 2.16. The summed E-state index contributed by atoms with van der Waals surface area (Å²) in [5.74, 6) is 0. The monoisotopic (exact) mass is 170 g/mol. The first-order valence-corrected chi connectivity index (χ1v) is 5.31. The van der Waals surface area contributed by atoms with Gasteiger partial charge in [0.15, 0.2) is 0 Å². The highest BCUT2D eigenvalue weighted by atomic mass is 15.6. The van der Waals surface area contributed by atoms with E-state index in [1.165, 1.54) is 38.9 Å². The van der Waals surface area contributed by atoms with E-state index >= 15 is 0 Å². The van der Waals surface area contributed by atoms with E-state index in [0.29, 0.717) is 0 Å². The van der Waals surface area contributed by atoms with E-state index in [-0.39, 0.29) is 0 Å². The molecule has 1 aliphatic heterocycles. The summed E-state index contributed by atoms with van der Waals surface area (Å²) in [7, 11) is 0. The van der Waals surface area contributed by atoms with E-state index < -0.39 is 0 Å². The SMILES string of the molecule is CCC(C)N1CCCCN1CC. The van der Waals surface area contributed by atoms with E-state index in [4.69, 9.17) is 0 Å². The van der Waals surface area contributed by atoms with E-state index in [1.54, 1.807) is 0 Å². The molecule has 2 nitrogen and oxygen atoms in total. The van der Waals surface area contributed by atoms with Gasteiger partial charge in [-0.3, -0.25) is 0 Å². The third kappa shape index (κ3) is 2.20. The molecule has 1 rings (SSSR count). The molecule has 0 aromatic rings. The van der Waals surface area contributed by atoms with Crippen molar-refractivity contribution in [2.45, 2.75) is 46.1 Å². The second kappa shape index (κ2) is 4.83. The number of nitrogens with zero attached hydrogens (tertiary/aromatic N) is 2. The van der Waals surface area contributed by atoms with Gasteiger partial charge in [-0.05, 0) is 26.2 Å². The number of hydrazine groups is 1. The molecule has 1 heterocycles. The highest BCUT2D eigenvalue weighted by molar-refractivity contribution is 4.69. The Kier molecular flexibility index (Phi) is 4.02. The first kappa shape index (κ1) is 10.0. The molecule has 1 aliphatic rings. The molecular formula is C10H22N2. The van der Waals surface area contributed by atoms with Crippen molar-refractivity contribution in [3.05, 3.63) is 0 Å². The molecular weight excluding hydrogens is 148 g/mol. The summed E-state index contributed by atoms with van der Waals surface area (Å²) in [6.45, 7) is 10.6. The van der Waals surface area contributed by atoms with Crippen LogP contribution in [0, 0.1) is 0 Å². The normalized spacial score (nSPS) is 24.2. The molecule has 1 atom stereocenters. The number of hydrogen-bond acceptors (Lipinski definition) is 2. The Hall–Kier alpha value is -0.0800. The van der Waals surface area contributed by atoms with Gasteiger partial charge in [-0.2, -0.15) is 0 Å². The van der Waals surface area contributed by atoms with E-state index in [9.17, 15) is 0 Å². The zero-order chi connectivity index (χ0) is 8.97. The van der Waals surface area contributed by atoms with Gasteiger partial charge in [-0.25, -0.2) is 10.0 Å². The molecule has 1 fully saturated rings. The van der Waals surface area contributed by atoms with Crippen molar-refractivity contribution in [2.75, 3.05) is 19.6 Å². The van der Waals surface area contributed by atoms with Gasteiger partial charge >= 0.3 is 0 Å². The Labute approximate surface area is 76.5 Å². The third-order valence-corrected chi connectivity index (χ3v) is 2.88. The highest BCUT2D eigenvalue weighted by Gasteiger charge is 2.21. The summed E-state index contributed by atoms with van der Waals surface area (Å²) < 4.78 is 0. The van der Waals surface area contributed by atoms with Crippen molar-refractivity contribution in [1.82, 2.24) is 10.0 Å². The number of rotatable bonds is 3. The topological polar surface area (TPSA) is 6.48 Å². The van der Waals surface area contributed by atoms with E-state index in [1.807, 2.05) is 0 Å². The molecule has 12 heavy (non-hydrogen) atoms. The van der Waals surface area contributed by atoms with Gasteiger partial charge in [0, 0.05) is 25.7 Å². The lowest BCUT2D eigenvalue weighted by atomic mass is 10.2. The minimum atomic E-state index is 0.727. The fourth-order valence-corrected chi connectivity index (χ4v) is 1.89. The second-order valence-corrected chi connectivity index (χ2v) is 3.67. The van der Waals surface area contributed by atoms with Crippen molar-refractivity contribution in [3.8, 4) is 0 Å². The highest BCUT2D eigenvalue weighted by Crippen LogP contribution is 2.15. The lowest BCUT2D eigenvalue weighted by Crippen LogP contribution is -2.51. The molecule has 0 saturated carbocycles. The first-order valence-electron chi connectivity index (χ1n) is 5.31. The summed E-state index contributed by atoms with van der Waals surface area (Å²) in [5.41, 5.74) is 0. The first-order chi connectivity index (χ1) is 5.79. The van der Waals surface area contributed by atoms with Crippen LogP contribution in [0.5, 0.6) is 0 Å². The van der Waals surface area contributed by atoms with Gasteiger partial charge < -0.3 is 0 Å². The fraction of sp³-hybridized carbons (Fsp3) is 1.00. The van der Waals surface area contributed by atoms with Crippen LogP contribution in [0.2, 0.25) is 0 Å². The Balaban J connectivity index is 2.46. The van der Waals surface area contributed by atoms with Crippen LogP contribution >= 0.6 is 0 Å². The summed E-state index contributed by atoms with van der Waals surface area (Å²) >= 11 is 0. The Morgan fingerprint density at radius 2 is 1.83 bits per heavy atom. The van der Waals surface area contributed by atoms with Crippen LogP contribution in [0.4, 0.5) is 0 Å². The fourth-order valence-electron chi connectivity index (χ4n) is 1.89. The molecule has 0 radical (unpaired) electrons. The van der Waals surface area contributed by atoms with E-state index in [2.05, 4.69) is 30.8 Å². The van der Waals surface area contributed by atoms with Crippen LogP contribution < -0.4 is 0 Å². The lowest BCUT2D eigenvalue weighted by molar-refractivity contribution is -0.0755. The Bertz CT molecular complexity index is 125. The molecule has 0 aromatic carbocycles. The largest absolute Gasteiger partial charge is 0.242 e. The van der Waals surface area contributed by atoms with Gasteiger partial charge in [-0.15, -0.1) is 0 Å². The lowest BCUT2D eigenvalue weighted by Gasteiger charge is -2.41. The Morgan fingerprint density at radius 3 is 2.42 bits per heavy atom. The third-order valence-electron chi connectivity index (χ3n) is 2.88. The van der Waals surface area contributed by atoms with Crippen molar-refractivity contribution < 1.29 is 0 Å². The van der Waals surface area contributed by atoms with Crippen molar-refractivity contribution in [1.29, 1.82) is 0 Å². The molecule has 1 saturated heterocycles. The van der Waals surface area contributed by atoms with Crippen LogP contribution in [0.15, 0.2) is 0 Å². The molecule has 0 N–H and O–H groups in total. The van der Waals surface area contributed by atoms with Crippen LogP contribution in [-0.2, 0) is 0 Å². The van der Waals surface area contributed by atoms with Crippen molar-refractivity contribution in [3.63, 3.8) is 0 Å². The summed E-state index contributed by atoms with van der Waals surface area (Å²) in [4.78, 5) is 0. The van der Waals surface area contributed by atoms with Crippen LogP contribution in [0.25, 0.3) is 0 Å². The van der Waals surface area contributed by atoms with Crippen molar-refractivity contribution >= 4 is 0 Å². The molecule has 0 spiro atoms. The van der Waals surface area contributed by atoms with Gasteiger partial charge in [0.1, 0.15) is 0 Å². The molecule has 0 bridgehead atoms. The maximum absolute atomic E-state index is 2.55. The molecule has 2 heteroatoms. The van der Waals surface area contributed by atoms with Crippen LogP contribution in [0.1, 0.15) is 40.0 Å². The molecule has 0 amide bonds. The maximum atomic E-state index is 2.55. The molecule has 1 unspecified atom stereocenters. The predicted octanol–water partition coefficient (Wildman–Crippen LogP) is 2.12. The molecule has 0 aromatic heterocycles. The van der Waals surface area contributed by atoms with Gasteiger partial charge in [0.2, 0.25) is 0 Å². The van der Waals surface area contributed by atoms with Gasteiger partial charge in [0.25, 0.3) is 0 Å². The predicted molar refractivity (Wildman–Crippen MR) is 52.9 cm³/mol. The average molecular weight is 170 g/mol. The minimum Gasteiger partial charge on any atom is -0.242 e. The van der Waals surface area contributed by atoms with Gasteiger partial charge in [-0.1, -0.05) is 13.8 Å². The standard InChI is InChI=1S/C10H22N2/c1-4-10(3)12-9-7-6-8-11(12)5-2/h10H,4-9H2,1-3H3. The Morgan fingerprint density at radius 1 is 1.17 bits per heavy atom. The smallest absolute Gasteiger partial charge is 0.0215 e. The van der Waals surface area contributed by atoms with Crippen LogP contribution in [0.3, 0.4) is 0 Å². The quantitative estimate of drug-likeness (QED) is 0.640.